The molecule has 2 nitrogen and oxygen atoms in total. The third-order valence-electron chi connectivity index (χ3n) is 4.08. The molecule has 2 unspecified atom stereocenters. The zero-order chi connectivity index (χ0) is 13.0. The van der Waals surface area contributed by atoms with Crippen LogP contribution < -0.4 is 5.32 Å². The second-order valence-electron chi connectivity index (χ2n) is 5.44. The molecule has 1 saturated carbocycles. The maximum Gasteiger partial charge on any atom is 0.123 e. The molecular formula is C15H22FNO. The molecule has 100 valence electrons. The first-order valence-electron chi connectivity index (χ1n) is 6.82. The van der Waals surface area contributed by atoms with Crippen LogP contribution in [0.3, 0.4) is 0 Å². The normalized spacial score (nSPS) is 28.1. The third kappa shape index (κ3) is 3.02. The molecule has 0 bridgehead atoms. The van der Waals surface area contributed by atoms with Crippen molar-refractivity contribution in [2.75, 3.05) is 11.9 Å². The standard InChI is InChI=1S/C15H22FNO/c1-2-12-4-3-9-15(10-12,11-18)17-14-7-5-13(16)6-8-14/h5-8,12,17-18H,2-4,9-11H2,1H3. The fourth-order valence-corrected chi connectivity index (χ4v) is 2.97. The Bertz CT molecular complexity index is 379. The van der Waals surface area contributed by atoms with Crippen LogP contribution in [-0.2, 0) is 0 Å². The minimum absolute atomic E-state index is 0.140. The topological polar surface area (TPSA) is 32.3 Å². The zero-order valence-electron chi connectivity index (χ0n) is 11.0. The first-order valence-corrected chi connectivity index (χ1v) is 6.82. The summed E-state index contributed by atoms with van der Waals surface area (Å²) < 4.78 is 12.9. The summed E-state index contributed by atoms with van der Waals surface area (Å²) in [6, 6.07) is 6.38. The van der Waals surface area contributed by atoms with E-state index in [0.717, 1.165) is 31.4 Å². The molecule has 1 aromatic carbocycles. The monoisotopic (exact) mass is 251 g/mol. The van der Waals surface area contributed by atoms with Gasteiger partial charge in [0, 0.05) is 5.69 Å². The number of hydrogen-bond donors (Lipinski definition) is 2. The molecule has 0 radical (unpaired) electrons. The number of aliphatic hydroxyl groups excluding tert-OH is 1. The molecule has 3 heteroatoms. The molecule has 1 aromatic rings. The van der Waals surface area contributed by atoms with E-state index in [1.807, 2.05) is 0 Å². The summed E-state index contributed by atoms with van der Waals surface area (Å²) in [7, 11) is 0. The lowest BCUT2D eigenvalue weighted by Crippen LogP contribution is -2.46. The summed E-state index contributed by atoms with van der Waals surface area (Å²) in [6.45, 7) is 2.34. The molecule has 1 aliphatic rings. The van der Waals surface area contributed by atoms with E-state index in [9.17, 15) is 9.50 Å². The number of nitrogens with one attached hydrogen (secondary N) is 1. The van der Waals surface area contributed by atoms with Crippen LogP contribution in [0, 0.1) is 11.7 Å². The molecule has 0 spiro atoms. The van der Waals surface area contributed by atoms with Crippen molar-refractivity contribution in [3.05, 3.63) is 30.1 Å². The fourth-order valence-electron chi connectivity index (χ4n) is 2.97. The van der Waals surface area contributed by atoms with Gasteiger partial charge in [0.15, 0.2) is 0 Å². The number of halogens is 1. The summed E-state index contributed by atoms with van der Waals surface area (Å²) in [5.41, 5.74) is 0.665. The van der Waals surface area contributed by atoms with E-state index in [-0.39, 0.29) is 18.0 Å². The smallest absolute Gasteiger partial charge is 0.123 e. The molecule has 18 heavy (non-hydrogen) atoms. The van der Waals surface area contributed by atoms with E-state index < -0.39 is 0 Å². The lowest BCUT2D eigenvalue weighted by Gasteiger charge is -2.41. The van der Waals surface area contributed by atoms with Crippen molar-refractivity contribution >= 4 is 5.69 Å². The van der Waals surface area contributed by atoms with Crippen molar-refractivity contribution in [2.24, 2.45) is 5.92 Å². The van der Waals surface area contributed by atoms with Gasteiger partial charge in [-0.25, -0.2) is 4.39 Å². The van der Waals surface area contributed by atoms with Crippen molar-refractivity contribution < 1.29 is 9.50 Å². The van der Waals surface area contributed by atoms with E-state index in [1.54, 1.807) is 12.1 Å². The van der Waals surface area contributed by atoms with Gasteiger partial charge in [-0.05, 0) is 43.0 Å². The maximum absolute atomic E-state index is 12.9. The Balaban J connectivity index is 2.09. The van der Waals surface area contributed by atoms with Gasteiger partial charge in [-0.3, -0.25) is 0 Å². The van der Waals surface area contributed by atoms with Crippen molar-refractivity contribution in [1.29, 1.82) is 0 Å². The molecule has 0 aromatic heterocycles. The highest BCUT2D eigenvalue weighted by atomic mass is 19.1. The quantitative estimate of drug-likeness (QED) is 0.857. The Hall–Kier alpha value is -1.09. The van der Waals surface area contributed by atoms with Crippen molar-refractivity contribution in [3.8, 4) is 0 Å². The van der Waals surface area contributed by atoms with Gasteiger partial charge in [0.05, 0.1) is 12.1 Å². The van der Waals surface area contributed by atoms with Gasteiger partial charge in [-0.2, -0.15) is 0 Å². The summed E-state index contributed by atoms with van der Waals surface area (Å²) >= 11 is 0. The van der Waals surface area contributed by atoms with Gasteiger partial charge in [-0.1, -0.05) is 26.2 Å². The predicted octanol–water partition coefficient (Wildman–Crippen LogP) is 3.57. The van der Waals surface area contributed by atoms with Crippen LogP contribution in [0.5, 0.6) is 0 Å². The Morgan fingerprint density at radius 3 is 2.72 bits per heavy atom. The van der Waals surface area contributed by atoms with Crippen molar-refractivity contribution in [2.45, 2.75) is 44.6 Å². The van der Waals surface area contributed by atoms with Gasteiger partial charge in [0.2, 0.25) is 0 Å². The minimum Gasteiger partial charge on any atom is -0.394 e. The summed E-state index contributed by atoms with van der Waals surface area (Å²) in [5, 5.41) is 13.2. The SMILES string of the molecule is CCC1CCCC(CO)(Nc2ccc(F)cc2)C1. The number of aliphatic hydroxyl groups is 1. The van der Waals surface area contributed by atoms with Crippen LogP contribution in [0.4, 0.5) is 10.1 Å². The van der Waals surface area contributed by atoms with Gasteiger partial charge < -0.3 is 10.4 Å². The van der Waals surface area contributed by atoms with Crippen LogP contribution in [0.2, 0.25) is 0 Å². The highest BCUT2D eigenvalue weighted by Crippen LogP contribution is 2.36. The van der Waals surface area contributed by atoms with Crippen molar-refractivity contribution in [3.63, 3.8) is 0 Å². The molecule has 2 rings (SSSR count). The highest BCUT2D eigenvalue weighted by molar-refractivity contribution is 5.45. The molecular weight excluding hydrogens is 229 g/mol. The molecule has 1 aliphatic carbocycles. The van der Waals surface area contributed by atoms with Crippen LogP contribution >= 0.6 is 0 Å². The number of hydrogen-bond acceptors (Lipinski definition) is 2. The summed E-state index contributed by atoms with van der Waals surface area (Å²) in [4.78, 5) is 0. The van der Waals surface area contributed by atoms with E-state index in [1.165, 1.54) is 18.6 Å². The molecule has 0 heterocycles. The summed E-state index contributed by atoms with van der Waals surface area (Å²) in [6.07, 6.45) is 5.54. The zero-order valence-corrected chi connectivity index (χ0v) is 11.0. The fraction of sp³-hybridized carbons (Fsp3) is 0.600. The lowest BCUT2D eigenvalue weighted by molar-refractivity contribution is 0.142. The summed E-state index contributed by atoms with van der Waals surface area (Å²) in [5.74, 6) is 0.451. The second-order valence-corrected chi connectivity index (χ2v) is 5.44. The van der Waals surface area contributed by atoms with Gasteiger partial charge in [-0.15, -0.1) is 0 Å². The lowest BCUT2D eigenvalue weighted by atomic mass is 9.75. The van der Waals surface area contributed by atoms with E-state index >= 15 is 0 Å². The number of rotatable bonds is 4. The predicted molar refractivity (Wildman–Crippen MR) is 72.1 cm³/mol. The first kappa shape index (κ1) is 13.3. The highest BCUT2D eigenvalue weighted by Gasteiger charge is 2.35. The first-order chi connectivity index (χ1) is 8.67. The van der Waals surface area contributed by atoms with Crippen LogP contribution in [0.15, 0.2) is 24.3 Å². The largest absolute Gasteiger partial charge is 0.394 e. The third-order valence-corrected chi connectivity index (χ3v) is 4.08. The van der Waals surface area contributed by atoms with Gasteiger partial charge in [0.1, 0.15) is 5.82 Å². The average Bonchev–Trinajstić information content (AvgIpc) is 2.42. The molecule has 0 amide bonds. The van der Waals surface area contributed by atoms with E-state index in [2.05, 4.69) is 12.2 Å². The maximum atomic E-state index is 12.9. The van der Waals surface area contributed by atoms with Gasteiger partial charge in [0.25, 0.3) is 0 Å². The Morgan fingerprint density at radius 1 is 1.39 bits per heavy atom. The van der Waals surface area contributed by atoms with Crippen molar-refractivity contribution in [1.82, 2.24) is 0 Å². The van der Waals surface area contributed by atoms with E-state index in [0.29, 0.717) is 5.92 Å². The van der Waals surface area contributed by atoms with Crippen LogP contribution in [0.1, 0.15) is 39.0 Å². The van der Waals surface area contributed by atoms with E-state index in [4.69, 9.17) is 0 Å². The van der Waals surface area contributed by atoms with Crippen LogP contribution in [0.25, 0.3) is 0 Å². The minimum atomic E-state index is -0.228. The van der Waals surface area contributed by atoms with Gasteiger partial charge >= 0.3 is 0 Å². The molecule has 2 N–H and O–H groups in total. The molecule has 1 fully saturated rings. The Labute approximate surface area is 108 Å². The Kier molecular flexibility index (Phi) is 4.23. The molecule has 0 saturated heterocycles. The molecule has 2 atom stereocenters. The average molecular weight is 251 g/mol. The number of benzene rings is 1. The van der Waals surface area contributed by atoms with Crippen LogP contribution in [-0.4, -0.2) is 17.3 Å². The number of anilines is 1. The Morgan fingerprint density at radius 2 is 2.11 bits per heavy atom. The second kappa shape index (κ2) is 5.70. The molecule has 0 aliphatic heterocycles.